The minimum atomic E-state index is -0.302. The number of hydrogen-bond donors (Lipinski definition) is 2. The van der Waals surface area contributed by atoms with Gasteiger partial charge in [0.25, 0.3) is 0 Å². The topological polar surface area (TPSA) is 101 Å². The highest BCUT2D eigenvalue weighted by Gasteiger charge is 2.29. The molecule has 10 nitrogen and oxygen atoms in total. The van der Waals surface area contributed by atoms with Crippen LogP contribution in [0.25, 0.3) is 11.1 Å². The van der Waals surface area contributed by atoms with Gasteiger partial charge in [-0.05, 0) is 34.9 Å². The zero-order valence-corrected chi connectivity index (χ0v) is 24.0. The fraction of sp³-hybridized carbons (Fsp3) is 0.242. The van der Waals surface area contributed by atoms with Gasteiger partial charge in [0.2, 0.25) is 5.91 Å². The van der Waals surface area contributed by atoms with Crippen molar-refractivity contribution in [3.8, 4) is 16.9 Å². The molecule has 1 amide bonds. The molecule has 2 aliphatic heterocycles. The van der Waals surface area contributed by atoms with E-state index in [1.165, 1.54) is 18.0 Å². The Morgan fingerprint density at radius 3 is 2.58 bits per heavy atom. The molecule has 0 radical (unpaired) electrons. The second-order valence-electron chi connectivity index (χ2n) is 10.2. The molecule has 43 heavy (non-hydrogen) atoms. The molecule has 4 aromatic rings. The van der Waals surface area contributed by atoms with Crippen LogP contribution in [0.2, 0.25) is 0 Å². The molecule has 0 saturated carbocycles. The normalized spacial score (nSPS) is 16.5. The fourth-order valence-electron chi connectivity index (χ4n) is 5.41. The first-order valence-corrected chi connectivity index (χ1v) is 14.3. The van der Waals surface area contributed by atoms with Gasteiger partial charge in [0.05, 0.1) is 50.0 Å². The Labute approximate surface area is 250 Å². The van der Waals surface area contributed by atoms with Gasteiger partial charge in [-0.25, -0.2) is 15.0 Å². The Bertz CT molecular complexity index is 1590. The number of aromatic nitrogens is 2. The molecule has 1 unspecified atom stereocenters. The lowest BCUT2D eigenvalue weighted by Gasteiger charge is -2.31. The van der Waals surface area contributed by atoms with Gasteiger partial charge in [-0.3, -0.25) is 9.63 Å². The van der Waals surface area contributed by atoms with E-state index in [4.69, 9.17) is 14.3 Å². The molecule has 0 aliphatic carbocycles. The van der Waals surface area contributed by atoms with Gasteiger partial charge in [-0.15, -0.1) is 0 Å². The summed E-state index contributed by atoms with van der Waals surface area (Å²) < 4.78 is 11.3. The Kier molecular flexibility index (Phi) is 8.48. The third-order valence-corrected chi connectivity index (χ3v) is 7.54. The lowest BCUT2D eigenvalue weighted by atomic mass is 9.98. The zero-order valence-electron chi connectivity index (χ0n) is 24.0. The molecule has 220 valence electrons. The average Bonchev–Trinajstić information content (AvgIpc) is 3.56. The van der Waals surface area contributed by atoms with Gasteiger partial charge in [-0.1, -0.05) is 55.1 Å². The highest BCUT2D eigenvalue weighted by molar-refractivity contribution is 6.02. The number of anilines is 5. The van der Waals surface area contributed by atoms with E-state index >= 15 is 0 Å². The predicted molar refractivity (Wildman–Crippen MR) is 168 cm³/mol. The Balaban J connectivity index is 1.28. The minimum Gasteiger partial charge on any atom is -0.494 e. The van der Waals surface area contributed by atoms with Crippen molar-refractivity contribution >= 4 is 34.6 Å². The third-order valence-electron chi connectivity index (χ3n) is 7.54. The summed E-state index contributed by atoms with van der Waals surface area (Å²) in [4.78, 5) is 29.6. The summed E-state index contributed by atoms with van der Waals surface area (Å²) in [6.07, 6.45) is 3.58. The molecule has 2 fully saturated rings. The maximum atomic E-state index is 12.3. The van der Waals surface area contributed by atoms with E-state index in [0.29, 0.717) is 61.7 Å². The molecular formula is C33H34N6O4. The number of ether oxygens (including phenoxy) is 2. The van der Waals surface area contributed by atoms with Crippen molar-refractivity contribution in [2.45, 2.75) is 12.5 Å². The first-order valence-electron chi connectivity index (χ1n) is 14.3. The SMILES string of the molecule is C=CC(=O)Nc1cc(Nc2cc(N3OCCC3c3cccc(-c4ccccc4)c3)ncn2)c(OC)cc1N1CCOCC1. The number of rotatable bonds is 9. The number of benzene rings is 3. The van der Waals surface area contributed by atoms with E-state index < -0.39 is 0 Å². The maximum absolute atomic E-state index is 12.3. The number of amides is 1. The second kappa shape index (κ2) is 12.9. The van der Waals surface area contributed by atoms with Crippen LogP contribution in [0.15, 0.2) is 91.8 Å². The lowest BCUT2D eigenvalue weighted by Crippen LogP contribution is -2.36. The van der Waals surface area contributed by atoms with Crippen molar-refractivity contribution in [2.24, 2.45) is 0 Å². The van der Waals surface area contributed by atoms with Crippen molar-refractivity contribution in [1.29, 1.82) is 0 Å². The number of nitrogens with zero attached hydrogens (tertiary/aromatic N) is 4. The average molecular weight is 579 g/mol. The van der Waals surface area contributed by atoms with Gasteiger partial charge in [-0.2, -0.15) is 0 Å². The molecule has 2 saturated heterocycles. The van der Waals surface area contributed by atoms with Crippen LogP contribution < -0.4 is 25.3 Å². The Hall–Kier alpha value is -4.93. The number of methoxy groups -OCH3 is 1. The van der Waals surface area contributed by atoms with Crippen LogP contribution in [-0.4, -0.2) is 55.9 Å². The predicted octanol–water partition coefficient (Wildman–Crippen LogP) is 5.74. The number of nitrogens with one attached hydrogen (secondary N) is 2. The summed E-state index contributed by atoms with van der Waals surface area (Å²) in [7, 11) is 1.61. The van der Waals surface area contributed by atoms with Crippen molar-refractivity contribution < 1.29 is 19.1 Å². The molecule has 2 N–H and O–H groups in total. The van der Waals surface area contributed by atoms with E-state index in [2.05, 4.69) is 68.5 Å². The summed E-state index contributed by atoms with van der Waals surface area (Å²) in [5.74, 6) is 1.49. The van der Waals surface area contributed by atoms with Gasteiger partial charge < -0.3 is 25.0 Å². The summed E-state index contributed by atoms with van der Waals surface area (Å²) in [6.45, 7) is 6.80. The van der Waals surface area contributed by atoms with E-state index in [1.54, 1.807) is 7.11 Å². The van der Waals surface area contributed by atoms with Crippen LogP contribution in [-0.2, 0) is 14.4 Å². The monoisotopic (exact) mass is 578 g/mol. The van der Waals surface area contributed by atoms with E-state index in [1.807, 2.05) is 41.5 Å². The highest BCUT2D eigenvalue weighted by atomic mass is 16.7. The summed E-state index contributed by atoms with van der Waals surface area (Å²) in [5.41, 5.74) is 5.58. The maximum Gasteiger partial charge on any atom is 0.247 e. The summed E-state index contributed by atoms with van der Waals surface area (Å²) in [6, 6.07) is 24.5. The number of carbonyl (C=O) groups is 1. The molecular weight excluding hydrogens is 544 g/mol. The van der Waals surface area contributed by atoms with E-state index in [9.17, 15) is 4.79 Å². The molecule has 3 heterocycles. The van der Waals surface area contributed by atoms with Gasteiger partial charge >= 0.3 is 0 Å². The van der Waals surface area contributed by atoms with Gasteiger partial charge in [0.15, 0.2) is 5.82 Å². The number of morpholine rings is 1. The molecule has 1 aromatic heterocycles. The largest absolute Gasteiger partial charge is 0.494 e. The standard InChI is InChI=1S/C33H34N6O4/c1-3-33(40)37-26-19-27(30(41-2)20-29(26)38-13-16-42-17-14-38)36-31-21-32(35-22-34-31)39-28(12-15-43-39)25-11-7-10-24(18-25)23-8-5-4-6-9-23/h3-11,18-22,28H,1,12-17H2,2H3,(H,37,40)(H,34,35,36). The van der Waals surface area contributed by atoms with Crippen LogP contribution in [0, 0.1) is 0 Å². The summed E-state index contributed by atoms with van der Waals surface area (Å²) in [5, 5.41) is 8.14. The Morgan fingerprint density at radius 2 is 1.79 bits per heavy atom. The van der Waals surface area contributed by atoms with Gasteiger partial charge in [0.1, 0.15) is 17.9 Å². The van der Waals surface area contributed by atoms with Gasteiger partial charge in [0, 0.05) is 31.6 Å². The molecule has 0 bridgehead atoms. The van der Waals surface area contributed by atoms with Crippen LogP contribution in [0.4, 0.5) is 28.7 Å². The number of carbonyl (C=O) groups excluding carboxylic acids is 1. The fourth-order valence-corrected chi connectivity index (χ4v) is 5.41. The first kappa shape index (κ1) is 28.2. The van der Waals surface area contributed by atoms with E-state index in [-0.39, 0.29) is 11.9 Å². The molecule has 2 aliphatic rings. The highest BCUT2D eigenvalue weighted by Crippen LogP contribution is 2.40. The molecule has 6 rings (SSSR count). The van der Waals surface area contributed by atoms with Crippen molar-refractivity contribution in [1.82, 2.24) is 9.97 Å². The smallest absolute Gasteiger partial charge is 0.247 e. The first-order chi connectivity index (χ1) is 21.1. The zero-order chi connectivity index (χ0) is 29.6. The Morgan fingerprint density at radius 1 is 0.977 bits per heavy atom. The van der Waals surface area contributed by atoms with Crippen LogP contribution in [0.1, 0.15) is 18.0 Å². The molecule has 1 atom stereocenters. The number of hydroxylamine groups is 1. The quantitative estimate of drug-likeness (QED) is 0.241. The van der Waals surface area contributed by atoms with Crippen LogP contribution >= 0.6 is 0 Å². The third kappa shape index (κ3) is 6.30. The van der Waals surface area contributed by atoms with Crippen LogP contribution in [0.3, 0.4) is 0 Å². The lowest BCUT2D eigenvalue weighted by molar-refractivity contribution is -0.111. The van der Waals surface area contributed by atoms with Crippen molar-refractivity contribution in [2.75, 3.05) is 60.6 Å². The minimum absolute atomic E-state index is 0.00512. The molecule has 0 spiro atoms. The second-order valence-corrected chi connectivity index (χ2v) is 10.2. The van der Waals surface area contributed by atoms with Crippen molar-refractivity contribution in [3.05, 3.63) is 97.3 Å². The number of hydrogen-bond acceptors (Lipinski definition) is 9. The van der Waals surface area contributed by atoms with Crippen LogP contribution in [0.5, 0.6) is 5.75 Å². The van der Waals surface area contributed by atoms with E-state index in [0.717, 1.165) is 23.2 Å². The molecule has 3 aromatic carbocycles. The van der Waals surface area contributed by atoms with Crippen molar-refractivity contribution in [3.63, 3.8) is 0 Å². The molecule has 10 heteroatoms. The summed E-state index contributed by atoms with van der Waals surface area (Å²) >= 11 is 0.